The van der Waals surface area contributed by atoms with Crippen molar-refractivity contribution in [2.45, 2.75) is 38.5 Å². The molecule has 3 rings (SSSR count). The van der Waals surface area contributed by atoms with Gasteiger partial charge in [-0.1, -0.05) is 36.8 Å². The maximum atomic E-state index is 12.1. The summed E-state index contributed by atoms with van der Waals surface area (Å²) in [5, 5.41) is 10.4. The Hall–Kier alpha value is -2.03. The Kier molecular flexibility index (Phi) is 3.59. The van der Waals surface area contributed by atoms with Crippen LogP contribution in [0.1, 0.15) is 41.7 Å². The highest BCUT2D eigenvalue weighted by Gasteiger charge is 2.20. The Balaban J connectivity index is 2.03. The maximum absolute atomic E-state index is 12.1. The summed E-state index contributed by atoms with van der Waals surface area (Å²) in [4.78, 5) is 12.1. The number of aromatic hydroxyl groups is 1. The molecule has 104 valence electrons. The number of aryl methyl sites for hydroxylation is 1. The quantitative estimate of drug-likeness (QED) is 0.852. The van der Waals surface area contributed by atoms with Gasteiger partial charge in [0.2, 0.25) is 0 Å². The predicted octanol–water partition coefficient (Wildman–Crippen LogP) is 3.21. The highest BCUT2D eigenvalue weighted by atomic mass is 16.4. The van der Waals surface area contributed by atoms with E-state index >= 15 is 0 Å². The van der Waals surface area contributed by atoms with E-state index in [0.717, 1.165) is 43.2 Å². The van der Waals surface area contributed by atoms with E-state index in [2.05, 4.69) is 0 Å². The average molecular weight is 270 g/mol. The average Bonchev–Trinajstić information content (AvgIpc) is 2.70. The molecule has 2 aromatic rings. The lowest BCUT2D eigenvalue weighted by atomic mass is 10.0. The van der Waals surface area contributed by atoms with Gasteiger partial charge in [0.1, 0.15) is 11.5 Å². The van der Waals surface area contributed by atoms with Crippen molar-refractivity contribution in [2.24, 2.45) is 0 Å². The molecule has 0 unspecified atom stereocenters. The Morgan fingerprint density at radius 3 is 2.60 bits per heavy atom. The van der Waals surface area contributed by atoms with Crippen LogP contribution in [0.15, 0.2) is 39.5 Å². The standard InChI is InChI=1S/C17H18O3/c18-16-13-9-5-2-6-10-15(13)20-17(19)14(16)11-12-7-3-1-4-8-12/h1,3-4,7-8,18H,2,5-6,9-11H2. The minimum atomic E-state index is -0.396. The third kappa shape index (κ3) is 2.48. The molecule has 0 amide bonds. The molecule has 1 aromatic heterocycles. The first-order valence-electron chi connectivity index (χ1n) is 7.16. The van der Waals surface area contributed by atoms with Crippen molar-refractivity contribution in [3.63, 3.8) is 0 Å². The van der Waals surface area contributed by atoms with Crippen LogP contribution in [-0.2, 0) is 19.3 Å². The third-order valence-corrected chi connectivity index (χ3v) is 3.92. The van der Waals surface area contributed by atoms with Crippen LogP contribution in [0.4, 0.5) is 0 Å². The molecule has 0 saturated heterocycles. The Morgan fingerprint density at radius 2 is 1.80 bits per heavy atom. The zero-order valence-corrected chi connectivity index (χ0v) is 11.4. The summed E-state index contributed by atoms with van der Waals surface area (Å²) in [6.07, 6.45) is 5.15. The first-order chi connectivity index (χ1) is 9.75. The molecule has 0 saturated carbocycles. The highest BCUT2D eigenvalue weighted by Crippen LogP contribution is 2.30. The van der Waals surface area contributed by atoms with Crippen molar-refractivity contribution in [3.8, 4) is 5.75 Å². The second kappa shape index (κ2) is 5.53. The molecule has 1 aliphatic carbocycles. The van der Waals surface area contributed by atoms with E-state index < -0.39 is 5.63 Å². The number of fused-ring (bicyclic) bond motifs is 1. The Bertz CT molecular complexity index is 656. The van der Waals surface area contributed by atoms with E-state index in [9.17, 15) is 9.90 Å². The van der Waals surface area contributed by atoms with Crippen LogP contribution < -0.4 is 5.63 Å². The first kappa shape index (κ1) is 13.0. The van der Waals surface area contributed by atoms with Crippen LogP contribution in [0.3, 0.4) is 0 Å². The largest absolute Gasteiger partial charge is 0.507 e. The van der Waals surface area contributed by atoms with Crippen LogP contribution in [0.25, 0.3) is 0 Å². The van der Waals surface area contributed by atoms with Crippen molar-refractivity contribution in [3.05, 3.63) is 63.2 Å². The molecule has 1 heterocycles. The summed E-state index contributed by atoms with van der Waals surface area (Å²) in [5.74, 6) is 0.837. The minimum absolute atomic E-state index is 0.155. The zero-order chi connectivity index (χ0) is 13.9. The second-order valence-corrected chi connectivity index (χ2v) is 5.34. The van der Waals surface area contributed by atoms with Crippen LogP contribution >= 0.6 is 0 Å². The van der Waals surface area contributed by atoms with E-state index in [4.69, 9.17) is 4.42 Å². The third-order valence-electron chi connectivity index (χ3n) is 3.92. The molecule has 1 aliphatic rings. The molecule has 0 fully saturated rings. The second-order valence-electron chi connectivity index (χ2n) is 5.34. The highest BCUT2D eigenvalue weighted by molar-refractivity contribution is 5.43. The number of rotatable bonds is 2. The van der Waals surface area contributed by atoms with E-state index in [1.807, 2.05) is 30.3 Å². The number of hydrogen-bond donors (Lipinski definition) is 1. The van der Waals surface area contributed by atoms with E-state index in [0.29, 0.717) is 17.7 Å². The summed E-state index contributed by atoms with van der Waals surface area (Å²) >= 11 is 0. The van der Waals surface area contributed by atoms with Gasteiger partial charge in [0, 0.05) is 18.4 Å². The number of hydrogen-bond acceptors (Lipinski definition) is 3. The van der Waals surface area contributed by atoms with Crippen molar-refractivity contribution in [1.29, 1.82) is 0 Å². The smallest absolute Gasteiger partial charge is 0.343 e. The van der Waals surface area contributed by atoms with Gasteiger partial charge in [0.15, 0.2) is 0 Å². The molecule has 3 heteroatoms. The van der Waals surface area contributed by atoms with Gasteiger partial charge in [-0.05, 0) is 24.8 Å². The lowest BCUT2D eigenvalue weighted by molar-refractivity contribution is 0.405. The molecule has 0 atom stereocenters. The van der Waals surface area contributed by atoms with Gasteiger partial charge in [0.05, 0.1) is 5.56 Å². The summed E-state index contributed by atoms with van der Waals surface area (Å²) in [6.45, 7) is 0. The molecule has 0 bridgehead atoms. The van der Waals surface area contributed by atoms with Crippen LogP contribution in [0.2, 0.25) is 0 Å². The molecule has 0 spiro atoms. The van der Waals surface area contributed by atoms with Gasteiger partial charge < -0.3 is 9.52 Å². The van der Waals surface area contributed by atoms with Gasteiger partial charge in [-0.15, -0.1) is 0 Å². The van der Waals surface area contributed by atoms with Gasteiger partial charge in [-0.3, -0.25) is 0 Å². The minimum Gasteiger partial charge on any atom is -0.507 e. The molecule has 0 aliphatic heterocycles. The summed E-state index contributed by atoms with van der Waals surface area (Å²) < 4.78 is 5.45. The Morgan fingerprint density at radius 1 is 1.05 bits per heavy atom. The lowest BCUT2D eigenvalue weighted by Crippen LogP contribution is -2.12. The van der Waals surface area contributed by atoms with Crippen molar-refractivity contribution < 1.29 is 9.52 Å². The fourth-order valence-electron chi connectivity index (χ4n) is 2.83. The Labute approximate surface area is 117 Å². The molecule has 20 heavy (non-hydrogen) atoms. The number of benzene rings is 1. The molecule has 3 nitrogen and oxygen atoms in total. The summed E-state index contributed by atoms with van der Waals surface area (Å²) in [7, 11) is 0. The summed E-state index contributed by atoms with van der Waals surface area (Å²) in [6, 6.07) is 9.69. The van der Waals surface area contributed by atoms with Gasteiger partial charge >= 0.3 is 5.63 Å². The van der Waals surface area contributed by atoms with E-state index in [-0.39, 0.29) is 5.75 Å². The molecule has 1 N–H and O–H groups in total. The van der Waals surface area contributed by atoms with Crippen LogP contribution in [0, 0.1) is 0 Å². The zero-order valence-electron chi connectivity index (χ0n) is 11.4. The SMILES string of the molecule is O=c1oc2c(c(O)c1Cc1ccccc1)CCCCC2. The normalized spacial score (nSPS) is 14.6. The monoisotopic (exact) mass is 270 g/mol. The summed E-state index contributed by atoms with van der Waals surface area (Å²) in [5.41, 5.74) is 1.83. The first-order valence-corrected chi connectivity index (χ1v) is 7.16. The molecular weight excluding hydrogens is 252 g/mol. The van der Waals surface area contributed by atoms with Crippen molar-refractivity contribution in [1.82, 2.24) is 0 Å². The van der Waals surface area contributed by atoms with E-state index in [1.165, 1.54) is 0 Å². The van der Waals surface area contributed by atoms with Crippen LogP contribution in [0.5, 0.6) is 5.75 Å². The van der Waals surface area contributed by atoms with Crippen LogP contribution in [-0.4, -0.2) is 5.11 Å². The maximum Gasteiger partial charge on any atom is 0.343 e. The predicted molar refractivity (Wildman–Crippen MR) is 77.1 cm³/mol. The van der Waals surface area contributed by atoms with Gasteiger partial charge in [-0.2, -0.15) is 0 Å². The fraction of sp³-hybridized carbons (Fsp3) is 0.353. The molecule has 0 radical (unpaired) electrons. The van der Waals surface area contributed by atoms with Gasteiger partial charge in [-0.25, -0.2) is 4.79 Å². The lowest BCUT2D eigenvalue weighted by Gasteiger charge is -2.10. The fourth-order valence-corrected chi connectivity index (χ4v) is 2.83. The molecule has 1 aromatic carbocycles. The topological polar surface area (TPSA) is 50.4 Å². The molecular formula is C17H18O3. The van der Waals surface area contributed by atoms with Crippen molar-refractivity contribution in [2.75, 3.05) is 0 Å². The van der Waals surface area contributed by atoms with Gasteiger partial charge in [0.25, 0.3) is 0 Å². The van der Waals surface area contributed by atoms with Crippen molar-refractivity contribution >= 4 is 0 Å². The van der Waals surface area contributed by atoms with E-state index in [1.54, 1.807) is 0 Å².